The standard InChI is InChI=1S/C23H26ClN3O3S/c1-14-8-6-7-11-26(14)19(28)12-16-13-31-23-25-15(2)20(22(29)30-3)21(27(16)23)17-9-4-5-10-18(17)24/h4-5,9-10,13-14,21H,6-8,11-12H2,1-3H3/t14-,21+/m0/s1. The number of hydrogen-bond acceptors (Lipinski definition) is 6. The highest BCUT2D eigenvalue weighted by molar-refractivity contribution is 8.16. The van der Waals surface area contributed by atoms with Crippen LogP contribution in [0.15, 0.2) is 51.6 Å². The van der Waals surface area contributed by atoms with Crippen LogP contribution < -0.4 is 0 Å². The maximum absolute atomic E-state index is 13.2. The van der Waals surface area contributed by atoms with E-state index in [2.05, 4.69) is 11.9 Å². The number of amides is 1. The molecule has 1 aromatic rings. The van der Waals surface area contributed by atoms with Gasteiger partial charge in [0.1, 0.15) is 0 Å². The summed E-state index contributed by atoms with van der Waals surface area (Å²) < 4.78 is 5.09. The van der Waals surface area contributed by atoms with E-state index >= 15 is 0 Å². The molecule has 1 saturated heterocycles. The van der Waals surface area contributed by atoms with Crippen LogP contribution in [0.4, 0.5) is 0 Å². The molecule has 1 amide bonds. The maximum Gasteiger partial charge on any atom is 0.338 e. The molecule has 0 bridgehead atoms. The van der Waals surface area contributed by atoms with Gasteiger partial charge in [0, 0.05) is 23.3 Å². The van der Waals surface area contributed by atoms with Crippen molar-refractivity contribution in [1.82, 2.24) is 9.80 Å². The van der Waals surface area contributed by atoms with Crippen molar-refractivity contribution in [2.75, 3.05) is 13.7 Å². The first-order valence-corrected chi connectivity index (χ1v) is 11.7. The molecule has 1 aromatic carbocycles. The van der Waals surface area contributed by atoms with E-state index in [1.807, 2.05) is 33.4 Å². The van der Waals surface area contributed by atoms with Gasteiger partial charge >= 0.3 is 5.97 Å². The largest absolute Gasteiger partial charge is 0.466 e. The fraction of sp³-hybridized carbons (Fsp3) is 0.435. The molecule has 8 heteroatoms. The fourth-order valence-electron chi connectivity index (χ4n) is 4.46. The zero-order valence-corrected chi connectivity index (χ0v) is 19.5. The monoisotopic (exact) mass is 459 g/mol. The van der Waals surface area contributed by atoms with E-state index in [1.54, 1.807) is 13.0 Å². The van der Waals surface area contributed by atoms with Gasteiger partial charge in [0.2, 0.25) is 5.91 Å². The van der Waals surface area contributed by atoms with E-state index in [1.165, 1.54) is 18.9 Å². The molecule has 0 spiro atoms. The van der Waals surface area contributed by atoms with Crippen LogP contribution in [0.1, 0.15) is 51.1 Å². The second-order valence-corrected chi connectivity index (χ2v) is 9.26. The molecule has 0 unspecified atom stereocenters. The van der Waals surface area contributed by atoms with E-state index in [0.29, 0.717) is 16.3 Å². The van der Waals surface area contributed by atoms with Gasteiger partial charge in [0.15, 0.2) is 5.17 Å². The average molecular weight is 460 g/mol. The van der Waals surface area contributed by atoms with Crippen LogP contribution >= 0.6 is 23.4 Å². The highest BCUT2D eigenvalue weighted by Crippen LogP contribution is 2.46. The highest BCUT2D eigenvalue weighted by Gasteiger charge is 2.42. The number of piperidine rings is 1. The summed E-state index contributed by atoms with van der Waals surface area (Å²) in [6, 6.07) is 7.21. The second-order valence-electron chi connectivity index (χ2n) is 8.01. The predicted molar refractivity (Wildman–Crippen MR) is 124 cm³/mol. The zero-order chi connectivity index (χ0) is 22.1. The van der Waals surface area contributed by atoms with Crippen LogP contribution in [-0.4, -0.2) is 46.5 Å². The number of methoxy groups -OCH3 is 1. The molecule has 31 heavy (non-hydrogen) atoms. The number of benzene rings is 1. The van der Waals surface area contributed by atoms with Crippen LogP contribution in [0.5, 0.6) is 0 Å². The Labute approximate surface area is 192 Å². The normalized spacial score (nSPS) is 23.4. The van der Waals surface area contributed by atoms with E-state index in [0.717, 1.165) is 42.2 Å². The molecule has 0 radical (unpaired) electrons. The van der Waals surface area contributed by atoms with Crippen LogP contribution in [0.2, 0.25) is 5.02 Å². The van der Waals surface area contributed by atoms with Gasteiger partial charge in [0.05, 0.1) is 30.8 Å². The Balaban J connectivity index is 1.71. The van der Waals surface area contributed by atoms with E-state index in [9.17, 15) is 9.59 Å². The molecule has 164 valence electrons. The smallest absolute Gasteiger partial charge is 0.338 e. The lowest BCUT2D eigenvalue weighted by Gasteiger charge is -2.38. The zero-order valence-electron chi connectivity index (χ0n) is 17.9. The second kappa shape index (κ2) is 9.09. The number of esters is 1. The first-order valence-electron chi connectivity index (χ1n) is 10.5. The number of halogens is 1. The van der Waals surface area contributed by atoms with Crippen molar-refractivity contribution in [2.45, 2.75) is 51.6 Å². The Morgan fingerprint density at radius 1 is 1.29 bits per heavy atom. The number of carbonyl (C=O) groups is 2. The Morgan fingerprint density at radius 2 is 2.06 bits per heavy atom. The molecule has 3 heterocycles. The van der Waals surface area contributed by atoms with Gasteiger partial charge in [-0.25, -0.2) is 9.79 Å². The molecule has 0 aliphatic carbocycles. The predicted octanol–water partition coefficient (Wildman–Crippen LogP) is 4.88. The summed E-state index contributed by atoms with van der Waals surface area (Å²) >= 11 is 8.03. The van der Waals surface area contributed by atoms with Crippen molar-refractivity contribution < 1.29 is 14.3 Å². The minimum Gasteiger partial charge on any atom is -0.466 e. The number of likely N-dealkylation sites (tertiary alicyclic amines) is 1. The fourth-order valence-corrected chi connectivity index (χ4v) is 5.66. The van der Waals surface area contributed by atoms with Gasteiger partial charge < -0.3 is 14.5 Å². The average Bonchev–Trinajstić information content (AvgIpc) is 3.15. The third-order valence-electron chi connectivity index (χ3n) is 6.06. The summed E-state index contributed by atoms with van der Waals surface area (Å²) in [5.74, 6) is -0.346. The minimum absolute atomic E-state index is 0.101. The molecule has 0 N–H and O–H groups in total. The number of allylic oxidation sites excluding steroid dienone is 1. The molecule has 4 rings (SSSR count). The number of aliphatic imine (C=N–C) groups is 1. The van der Waals surface area contributed by atoms with Crippen molar-refractivity contribution in [3.8, 4) is 0 Å². The Morgan fingerprint density at radius 3 is 2.77 bits per heavy atom. The lowest BCUT2D eigenvalue weighted by atomic mass is 9.93. The highest BCUT2D eigenvalue weighted by atomic mass is 35.5. The number of carbonyl (C=O) groups excluding carboxylic acids is 2. The molecule has 3 aliphatic rings. The van der Waals surface area contributed by atoms with Gasteiger partial charge in [0.25, 0.3) is 0 Å². The van der Waals surface area contributed by atoms with Gasteiger partial charge in [-0.2, -0.15) is 0 Å². The lowest BCUT2D eigenvalue weighted by molar-refractivity contribution is -0.136. The number of fused-ring (bicyclic) bond motifs is 1. The van der Waals surface area contributed by atoms with Crippen molar-refractivity contribution in [2.24, 2.45) is 4.99 Å². The van der Waals surface area contributed by atoms with Crippen molar-refractivity contribution in [1.29, 1.82) is 0 Å². The summed E-state index contributed by atoms with van der Waals surface area (Å²) in [5.41, 5.74) is 2.64. The number of ether oxygens (including phenoxy) is 1. The summed E-state index contributed by atoms with van der Waals surface area (Å²) in [4.78, 5) is 34.5. The van der Waals surface area contributed by atoms with Crippen molar-refractivity contribution in [3.63, 3.8) is 0 Å². The summed E-state index contributed by atoms with van der Waals surface area (Å²) in [6.07, 6.45) is 3.49. The quantitative estimate of drug-likeness (QED) is 0.600. The summed E-state index contributed by atoms with van der Waals surface area (Å²) in [7, 11) is 1.36. The van der Waals surface area contributed by atoms with Gasteiger partial charge in [-0.05, 0) is 50.1 Å². The number of amidine groups is 1. The molecule has 0 saturated carbocycles. The van der Waals surface area contributed by atoms with Crippen molar-refractivity contribution >= 4 is 40.4 Å². The van der Waals surface area contributed by atoms with E-state index in [4.69, 9.17) is 16.3 Å². The van der Waals surface area contributed by atoms with Crippen LogP contribution in [-0.2, 0) is 14.3 Å². The Bertz CT molecular complexity index is 1000. The molecule has 0 aromatic heterocycles. The molecule has 6 nitrogen and oxygen atoms in total. The molecular formula is C23H26ClN3O3S. The third kappa shape index (κ3) is 4.13. The third-order valence-corrected chi connectivity index (χ3v) is 7.29. The van der Waals surface area contributed by atoms with Gasteiger partial charge in [-0.15, -0.1) is 0 Å². The number of hydrogen-bond donors (Lipinski definition) is 0. The summed E-state index contributed by atoms with van der Waals surface area (Å²) in [6.45, 7) is 4.71. The van der Waals surface area contributed by atoms with Crippen LogP contribution in [0.25, 0.3) is 0 Å². The molecule has 2 atom stereocenters. The van der Waals surface area contributed by atoms with Crippen molar-refractivity contribution in [3.05, 3.63) is 57.2 Å². The minimum atomic E-state index is -0.499. The van der Waals surface area contributed by atoms with E-state index < -0.39 is 12.0 Å². The molecule has 1 fully saturated rings. The Kier molecular flexibility index (Phi) is 6.44. The van der Waals surface area contributed by atoms with Crippen LogP contribution in [0, 0.1) is 0 Å². The summed E-state index contributed by atoms with van der Waals surface area (Å²) in [5, 5.41) is 3.25. The first kappa shape index (κ1) is 22.0. The molecular weight excluding hydrogens is 434 g/mol. The van der Waals surface area contributed by atoms with Gasteiger partial charge in [-0.1, -0.05) is 41.6 Å². The van der Waals surface area contributed by atoms with Crippen LogP contribution in [0.3, 0.4) is 0 Å². The van der Waals surface area contributed by atoms with Gasteiger partial charge in [-0.3, -0.25) is 4.79 Å². The number of rotatable bonds is 4. The number of nitrogens with zero attached hydrogens (tertiary/aromatic N) is 3. The molecule has 3 aliphatic heterocycles. The lowest BCUT2D eigenvalue weighted by Crippen LogP contribution is -2.43. The topological polar surface area (TPSA) is 62.2 Å². The maximum atomic E-state index is 13.2. The number of thioether (sulfide) groups is 1. The Hall–Kier alpha value is -2.25. The van der Waals surface area contributed by atoms with E-state index in [-0.39, 0.29) is 18.4 Å². The first-order chi connectivity index (χ1) is 14.9. The SMILES string of the molecule is COC(=O)C1=C(C)N=C2SC=C(CC(=O)N3CCCC[C@@H]3C)N2[C@@H]1c1ccccc1Cl.